The van der Waals surface area contributed by atoms with Gasteiger partial charge in [-0.2, -0.15) is 0 Å². The van der Waals surface area contributed by atoms with Crippen molar-refractivity contribution in [2.45, 2.75) is 76.2 Å². The molecule has 0 bridgehead atoms. The molecule has 1 saturated carbocycles. The van der Waals surface area contributed by atoms with Gasteiger partial charge in [0.15, 0.2) is 0 Å². The summed E-state index contributed by atoms with van der Waals surface area (Å²) in [5.41, 5.74) is 0. The Kier molecular flexibility index (Phi) is 6.20. The molecule has 126 valence electrons. The molecule has 22 heavy (non-hydrogen) atoms. The summed E-state index contributed by atoms with van der Waals surface area (Å²) in [4.78, 5) is 25.3. The Bertz CT molecular complexity index is 392. The van der Waals surface area contributed by atoms with Crippen molar-refractivity contribution in [2.24, 2.45) is 0 Å². The molecule has 3 unspecified atom stereocenters. The van der Waals surface area contributed by atoms with E-state index < -0.39 is 18.1 Å². The highest BCUT2D eigenvalue weighted by molar-refractivity contribution is 5.87. The van der Waals surface area contributed by atoms with Gasteiger partial charge in [-0.05, 0) is 19.8 Å². The highest BCUT2D eigenvalue weighted by atomic mass is 16.5. The Morgan fingerprint density at radius 1 is 1.14 bits per heavy atom. The topological polar surface area (TPSA) is 76.1 Å². The van der Waals surface area contributed by atoms with Crippen molar-refractivity contribution in [3.8, 4) is 0 Å². The molecule has 1 aliphatic carbocycles. The predicted octanol–water partition coefficient (Wildman–Crippen LogP) is 1.81. The minimum Gasteiger partial charge on any atom is -0.480 e. The third-order valence-electron chi connectivity index (χ3n) is 4.71. The molecule has 1 N–H and O–H groups in total. The summed E-state index contributed by atoms with van der Waals surface area (Å²) in [6, 6.07) is -0.808. The Labute approximate surface area is 131 Å². The lowest BCUT2D eigenvalue weighted by atomic mass is 10.1. The van der Waals surface area contributed by atoms with Crippen LogP contribution < -0.4 is 0 Å². The summed E-state index contributed by atoms with van der Waals surface area (Å²) in [7, 11) is 1.54. The fourth-order valence-electron chi connectivity index (χ4n) is 3.40. The van der Waals surface area contributed by atoms with Crippen LogP contribution in [0, 0.1) is 0 Å². The molecule has 6 nitrogen and oxygen atoms in total. The van der Waals surface area contributed by atoms with Crippen LogP contribution in [0.1, 0.15) is 51.9 Å². The lowest BCUT2D eigenvalue weighted by Gasteiger charge is -2.27. The number of likely N-dealkylation sites (tertiary alicyclic amines) is 1. The van der Waals surface area contributed by atoms with Gasteiger partial charge < -0.3 is 19.5 Å². The zero-order valence-corrected chi connectivity index (χ0v) is 13.5. The molecule has 0 aromatic heterocycles. The largest absolute Gasteiger partial charge is 0.480 e. The van der Waals surface area contributed by atoms with Gasteiger partial charge in [0.25, 0.3) is 5.91 Å². The first-order valence-electron chi connectivity index (χ1n) is 8.24. The van der Waals surface area contributed by atoms with Crippen molar-refractivity contribution in [2.75, 3.05) is 13.7 Å². The van der Waals surface area contributed by atoms with Crippen molar-refractivity contribution < 1.29 is 24.2 Å². The van der Waals surface area contributed by atoms with Crippen molar-refractivity contribution in [3.63, 3.8) is 0 Å². The second-order valence-electron chi connectivity index (χ2n) is 6.33. The van der Waals surface area contributed by atoms with E-state index in [9.17, 15) is 14.7 Å². The van der Waals surface area contributed by atoms with Gasteiger partial charge in [-0.1, -0.05) is 25.7 Å². The number of carboxylic acids is 1. The third kappa shape index (κ3) is 4.20. The van der Waals surface area contributed by atoms with E-state index in [1.165, 1.54) is 17.7 Å². The minimum atomic E-state index is -0.977. The quantitative estimate of drug-likeness (QED) is 0.784. The summed E-state index contributed by atoms with van der Waals surface area (Å²) in [6.45, 7) is 2.05. The molecule has 2 rings (SSSR count). The van der Waals surface area contributed by atoms with E-state index in [0.717, 1.165) is 25.7 Å². The first-order valence-corrected chi connectivity index (χ1v) is 8.24. The number of carboxylic acid groups (broad SMARTS) is 1. The monoisotopic (exact) mass is 313 g/mol. The lowest BCUT2D eigenvalue weighted by molar-refractivity contribution is -0.155. The number of carbonyl (C=O) groups excluding carboxylic acids is 1. The van der Waals surface area contributed by atoms with Crippen LogP contribution in [-0.2, 0) is 19.1 Å². The number of amides is 1. The van der Waals surface area contributed by atoms with Crippen LogP contribution in [0.4, 0.5) is 0 Å². The van der Waals surface area contributed by atoms with Crippen molar-refractivity contribution in [3.05, 3.63) is 0 Å². The van der Waals surface area contributed by atoms with E-state index in [-0.39, 0.29) is 18.1 Å². The van der Waals surface area contributed by atoms with Crippen molar-refractivity contribution in [1.82, 2.24) is 4.90 Å². The number of nitrogens with zero attached hydrogens (tertiary/aromatic N) is 1. The molecule has 3 atom stereocenters. The zero-order valence-electron chi connectivity index (χ0n) is 13.5. The van der Waals surface area contributed by atoms with E-state index in [4.69, 9.17) is 9.47 Å². The second kappa shape index (κ2) is 7.92. The minimum absolute atomic E-state index is 0.116. The highest BCUT2D eigenvalue weighted by Gasteiger charge is 2.41. The molecule has 6 heteroatoms. The summed E-state index contributed by atoms with van der Waals surface area (Å²) >= 11 is 0. The maximum absolute atomic E-state index is 12.6. The fraction of sp³-hybridized carbons (Fsp3) is 0.875. The summed E-state index contributed by atoms with van der Waals surface area (Å²) in [6.07, 6.45) is 6.35. The number of ether oxygens (including phenoxy) is 2. The number of carbonyl (C=O) groups is 2. The summed E-state index contributed by atoms with van der Waals surface area (Å²) in [5.74, 6) is -1.22. The van der Waals surface area contributed by atoms with Gasteiger partial charge in [0.05, 0.1) is 12.2 Å². The highest BCUT2D eigenvalue weighted by Crippen LogP contribution is 2.24. The summed E-state index contributed by atoms with van der Waals surface area (Å²) in [5, 5.41) is 9.30. The molecule has 1 heterocycles. The van der Waals surface area contributed by atoms with Crippen LogP contribution >= 0.6 is 0 Å². The van der Waals surface area contributed by atoms with E-state index in [0.29, 0.717) is 13.0 Å². The molecule has 0 aromatic rings. The lowest BCUT2D eigenvalue weighted by Crippen LogP contribution is -2.46. The molecule has 1 amide bonds. The Hall–Kier alpha value is -1.14. The Morgan fingerprint density at radius 3 is 2.32 bits per heavy atom. The average molecular weight is 313 g/mol. The number of aliphatic carboxylic acids is 1. The van der Waals surface area contributed by atoms with Crippen molar-refractivity contribution >= 4 is 11.9 Å². The van der Waals surface area contributed by atoms with E-state index in [2.05, 4.69) is 0 Å². The van der Waals surface area contributed by atoms with Crippen LogP contribution in [0.3, 0.4) is 0 Å². The third-order valence-corrected chi connectivity index (χ3v) is 4.71. The average Bonchev–Trinajstić information content (AvgIpc) is 2.78. The Balaban J connectivity index is 1.94. The molecule has 2 aliphatic rings. The van der Waals surface area contributed by atoms with E-state index >= 15 is 0 Å². The van der Waals surface area contributed by atoms with Gasteiger partial charge in [0.1, 0.15) is 12.1 Å². The first kappa shape index (κ1) is 17.2. The standard InChI is InChI=1S/C16H27NO5/c1-11(22-12-7-5-3-4-6-8-12)15(18)17-10-13(21-2)9-14(17)16(19)20/h11-14H,3-10H2,1-2H3,(H,19,20). The normalized spacial score (nSPS) is 28.4. The van der Waals surface area contributed by atoms with Gasteiger partial charge in [-0.15, -0.1) is 0 Å². The van der Waals surface area contributed by atoms with Gasteiger partial charge >= 0.3 is 5.97 Å². The smallest absolute Gasteiger partial charge is 0.326 e. The number of rotatable bonds is 5. The zero-order chi connectivity index (χ0) is 16.1. The molecular formula is C16H27NO5. The summed E-state index contributed by atoms with van der Waals surface area (Å²) < 4.78 is 11.1. The van der Waals surface area contributed by atoms with E-state index in [1.54, 1.807) is 14.0 Å². The first-order chi connectivity index (χ1) is 10.5. The van der Waals surface area contributed by atoms with Crippen LogP contribution in [-0.4, -0.2) is 59.9 Å². The van der Waals surface area contributed by atoms with Gasteiger partial charge in [-0.25, -0.2) is 4.79 Å². The molecule has 1 saturated heterocycles. The number of methoxy groups -OCH3 is 1. The Morgan fingerprint density at radius 2 is 1.77 bits per heavy atom. The second-order valence-corrected chi connectivity index (χ2v) is 6.33. The van der Waals surface area contributed by atoms with Crippen LogP contribution in [0.25, 0.3) is 0 Å². The van der Waals surface area contributed by atoms with Crippen LogP contribution in [0.5, 0.6) is 0 Å². The van der Waals surface area contributed by atoms with Gasteiger partial charge in [0, 0.05) is 20.1 Å². The number of hydrogen-bond acceptors (Lipinski definition) is 4. The molecule has 0 radical (unpaired) electrons. The van der Waals surface area contributed by atoms with Crippen molar-refractivity contribution in [1.29, 1.82) is 0 Å². The van der Waals surface area contributed by atoms with Crippen LogP contribution in [0.2, 0.25) is 0 Å². The SMILES string of the molecule is COC1CC(C(=O)O)N(C(=O)C(C)OC2CCCCCC2)C1. The van der Waals surface area contributed by atoms with Gasteiger partial charge in [-0.3, -0.25) is 4.79 Å². The molecular weight excluding hydrogens is 286 g/mol. The van der Waals surface area contributed by atoms with Gasteiger partial charge in [0.2, 0.25) is 0 Å². The molecule has 0 spiro atoms. The molecule has 2 fully saturated rings. The van der Waals surface area contributed by atoms with Crippen LogP contribution in [0.15, 0.2) is 0 Å². The fourth-order valence-corrected chi connectivity index (χ4v) is 3.40. The maximum atomic E-state index is 12.6. The van der Waals surface area contributed by atoms with E-state index in [1.807, 2.05) is 0 Å². The molecule has 0 aromatic carbocycles. The maximum Gasteiger partial charge on any atom is 0.326 e. The number of hydrogen-bond donors (Lipinski definition) is 1. The molecule has 1 aliphatic heterocycles. The predicted molar refractivity (Wildman–Crippen MR) is 80.6 cm³/mol.